The quantitative estimate of drug-likeness (QED) is 0.546. The molecule has 3 aromatic rings. The predicted octanol–water partition coefficient (Wildman–Crippen LogP) is 4.98. The highest BCUT2D eigenvalue weighted by molar-refractivity contribution is 5.34. The van der Waals surface area contributed by atoms with Gasteiger partial charge in [0.1, 0.15) is 5.82 Å². The maximum absolute atomic E-state index is 13.9. The van der Waals surface area contributed by atoms with Crippen molar-refractivity contribution >= 4 is 0 Å². The smallest absolute Gasteiger partial charge is 0.259 e. The minimum absolute atomic E-state index is 0.106. The minimum Gasteiger partial charge on any atom is -0.298 e. The summed E-state index contributed by atoms with van der Waals surface area (Å²) in [5.74, 6) is 1.47. The Morgan fingerprint density at radius 1 is 0.935 bits per heavy atom. The van der Waals surface area contributed by atoms with Crippen molar-refractivity contribution in [3.05, 3.63) is 99.2 Å². The SMILES string of the molecule is CCC(CC)CN1CCc2nc(C)n(C(c3ccccc3)c3ccccc3)c(=O)c2C1. The second kappa shape index (κ2) is 9.61. The van der Waals surface area contributed by atoms with Crippen LogP contribution in [-0.4, -0.2) is 27.5 Å². The van der Waals surface area contributed by atoms with Crippen LogP contribution in [0.1, 0.15) is 60.9 Å². The number of hydrogen-bond donors (Lipinski definition) is 0. The van der Waals surface area contributed by atoms with E-state index < -0.39 is 0 Å². The van der Waals surface area contributed by atoms with Crippen LogP contribution in [0.4, 0.5) is 0 Å². The maximum Gasteiger partial charge on any atom is 0.259 e. The van der Waals surface area contributed by atoms with Gasteiger partial charge in [-0.05, 0) is 24.0 Å². The molecule has 0 bridgehead atoms. The van der Waals surface area contributed by atoms with Gasteiger partial charge in [-0.25, -0.2) is 4.98 Å². The number of hydrogen-bond acceptors (Lipinski definition) is 3. The lowest BCUT2D eigenvalue weighted by Gasteiger charge is -2.32. The van der Waals surface area contributed by atoms with Crippen molar-refractivity contribution in [2.75, 3.05) is 13.1 Å². The molecular formula is C27H33N3O. The fourth-order valence-corrected chi connectivity index (χ4v) is 4.80. The summed E-state index contributed by atoms with van der Waals surface area (Å²) >= 11 is 0. The number of nitrogens with zero attached hydrogens (tertiary/aromatic N) is 3. The van der Waals surface area contributed by atoms with E-state index in [0.29, 0.717) is 12.5 Å². The zero-order valence-corrected chi connectivity index (χ0v) is 18.9. The Kier molecular flexibility index (Phi) is 6.67. The van der Waals surface area contributed by atoms with E-state index in [-0.39, 0.29) is 11.6 Å². The van der Waals surface area contributed by atoms with Crippen LogP contribution < -0.4 is 5.56 Å². The van der Waals surface area contributed by atoms with Crippen molar-refractivity contribution in [1.29, 1.82) is 0 Å². The molecule has 0 saturated carbocycles. The van der Waals surface area contributed by atoms with Crippen molar-refractivity contribution in [3.8, 4) is 0 Å². The molecule has 4 rings (SSSR count). The van der Waals surface area contributed by atoms with E-state index in [9.17, 15) is 4.79 Å². The van der Waals surface area contributed by atoms with Gasteiger partial charge in [0, 0.05) is 26.1 Å². The third kappa shape index (κ3) is 4.49. The molecule has 2 heterocycles. The first-order valence-electron chi connectivity index (χ1n) is 11.6. The van der Waals surface area contributed by atoms with Crippen molar-refractivity contribution in [2.45, 2.75) is 52.6 Å². The molecule has 0 atom stereocenters. The number of aryl methyl sites for hydroxylation is 1. The molecule has 1 aliphatic heterocycles. The molecule has 0 aliphatic carbocycles. The van der Waals surface area contributed by atoms with Crippen LogP contribution in [-0.2, 0) is 13.0 Å². The van der Waals surface area contributed by atoms with Crippen molar-refractivity contribution < 1.29 is 0 Å². The van der Waals surface area contributed by atoms with Crippen molar-refractivity contribution in [3.63, 3.8) is 0 Å². The van der Waals surface area contributed by atoms with Gasteiger partial charge in [-0.3, -0.25) is 14.3 Å². The Bertz CT molecular complexity index is 1020. The highest BCUT2D eigenvalue weighted by atomic mass is 16.1. The Morgan fingerprint density at radius 2 is 1.52 bits per heavy atom. The largest absolute Gasteiger partial charge is 0.298 e. The summed E-state index contributed by atoms with van der Waals surface area (Å²) in [6.45, 7) is 9.23. The van der Waals surface area contributed by atoms with Crippen LogP contribution in [0.2, 0.25) is 0 Å². The average Bonchev–Trinajstić information content (AvgIpc) is 2.81. The van der Waals surface area contributed by atoms with E-state index in [1.54, 1.807) is 0 Å². The monoisotopic (exact) mass is 415 g/mol. The number of rotatable bonds is 7. The van der Waals surface area contributed by atoms with E-state index >= 15 is 0 Å². The number of benzene rings is 2. The summed E-state index contributed by atoms with van der Waals surface area (Å²) in [5, 5.41) is 0. The normalized spacial score (nSPS) is 14.2. The van der Waals surface area contributed by atoms with Crippen LogP contribution in [0, 0.1) is 12.8 Å². The van der Waals surface area contributed by atoms with Crippen molar-refractivity contribution in [2.24, 2.45) is 5.92 Å². The fraction of sp³-hybridized carbons (Fsp3) is 0.407. The number of fused-ring (bicyclic) bond motifs is 1. The molecule has 0 spiro atoms. The molecule has 0 unspecified atom stereocenters. The molecule has 1 aromatic heterocycles. The van der Waals surface area contributed by atoms with Gasteiger partial charge in [-0.1, -0.05) is 87.4 Å². The second-order valence-electron chi connectivity index (χ2n) is 8.65. The second-order valence-corrected chi connectivity index (χ2v) is 8.65. The molecule has 2 aromatic carbocycles. The van der Waals surface area contributed by atoms with Gasteiger partial charge in [0.05, 0.1) is 17.3 Å². The summed E-state index contributed by atoms with van der Waals surface area (Å²) in [5.41, 5.74) is 4.17. The minimum atomic E-state index is -0.179. The zero-order chi connectivity index (χ0) is 21.8. The van der Waals surface area contributed by atoms with Gasteiger partial charge >= 0.3 is 0 Å². The van der Waals surface area contributed by atoms with Gasteiger partial charge in [0.15, 0.2) is 0 Å². The molecule has 4 heteroatoms. The van der Waals surface area contributed by atoms with Gasteiger partial charge in [0.25, 0.3) is 5.56 Å². The van der Waals surface area contributed by atoms with Gasteiger partial charge in [-0.2, -0.15) is 0 Å². The van der Waals surface area contributed by atoms with E-state index in [1.807, 2.05) is 47.9 Å². The molecule has 0 saturated heterocycles. The first-order valence-corrected chi connectivity index (χ1v) is 11.6. The molecule has 31 heavy (non-hydrogen) atoms. The summed E-state index contributed by atoms with van der Waals surface area (Å²) in [7, 11) is 0. The lowest BCUT2D eigenvalue weighted by Crippen LogP contribution is -2.41. The summed E-state index contributed by atoms with van der Waals surface area (Å²) in [6.07, 6.45) is 3.22. The predicted molar refractivity (Wildman–Crippen MR) is 126 cm³/mol. The summed E-state index contributed by atoms with van der Waals surface area (Å²) in [4.78, 5) is 21.3. The molecular weight excluding hydrogens is 382 g/mol. The van der Waals surface area contributed by atoms with Crippen LogP contribution in [0.15, 0.2) is 65.5 Å². The standard InChI is InChI=1S/C27H33N3O/c1-4-21(5-2)18-29-17-16-25-24(19-29)27(31)30(20(3)28-25)26(22-12-8-6-9-13-22)23-14-10-7-11-15-23/h6-15,21,26H,4-5,16-19H2,1-3H3. The molecule has 162 valence electrons. The molecule has 4 nitrogen and oxygen atoms in total. The molecule has 0 amide bonds. The maximum atomic E-state index is 13.9. The summed E-state index contributed by atoms with van der Waals surface area (Å²) < 4.78 is 1.91. The van der Waals surface area contributed by atoms with E-state index in [4.69, 9.17) is 4.98 Å². The molecule has 1 aliphatic rings. The van der Waals surface area contributed by atoms with E-state index in [1.165, 1.54) is 12.8 Å². The van der Waals surface area contributed by atoms with Crippen LogP contribution >= 0.6 is 0 Å². The van der Waals surface area contributed by atoms with E-state index in [2.05, 4.69) is 43.0 Å². The Labute approximate surface area is 185 Å². The highest BCUT2D eigenvalue weighted by Crippen LogP contribution is 2.27. The van der Waals surface area contributed by atoms with Crippen LogP contribution in [0.3, 0.4) is 0 Å². The lowest BCUT2D eigenvalue weighted by atomic mass is 9.97. The molecule has 0 radical (unpaired) electrons. The topological polar surface area (TPSA) is 38.1 Å². The van der Waals surface area contributed by atoms with Crippen LogP contribution in [0.25, 0.3) is 0 Å². The first-order chi connectivity index (χ1) is 15.1. The third-order valence-corrected chi connectivity index (χ3v) is 6.68. The van der Waals surface area contributed by atoms with Crippen LogP contribution in [0.5, 0.6) is 0 Å². The summed E-state index contributed by atoms with van der Waals surface area (Å²) in [6, 6.07) is 20.4. The average molecular weight is 416 g/mol. The highest BCUT2D eigenvalue weighted by Gasteiger charge is 2.27. The van der Waals surface area contributed by atoms with E-state index in [0.717, 1.165) is 47.7 Å². The molecule has 0 N–H and O–H groups in total. The molecule has 0 fully saturated rings. The fourth-order valence-electron chi connectivity index (χ4n) is 4.80. The Hall–Kier alpha value is -2.72. The van der Waals surface area contributed by atoms with Gasteiger partial charge < -0.3 is 0 Å². The van der Waals surface area contributed by atoms with Gasteiger partial charge in [-0.15, -0.1) is 0 Å². The Balaban J connectivity index is 1.79. The van der Waals surface area contributed by atoms with Crippen molar-refractivity contribution in [1.82, 2.24) is 14.5 Å². The third-order valence-electron chi connectivity index (χ3n) is 6.68. The first kappa shape index (κ1) is 21.5. The lowest BCUT2D eigenvalue weighted by molar-refractivity contribution is 0.204. The number of aromatic nitrogens is 2. The zero-order valence-electron chi connectivity index (χ0n) is 18.9. The Morgan fingerprint density at radius 3 is 2.06 bits per heavy atom. The van der Waals surface area contributed by atoms with Gasteiger partial charge in [0.2, 0.25) is 0 Å².